The number of anilines is 1. The molecule has 2 aromatic rings. The zero-order valence-corrected chi connectivity index (χ0v) is 15.4. The summed E-state index contributed by atoms with van der Waals surface area (Å²) in [6.07, 6.45) is 0. The van der Waals surface area contributed by atoms with E-state index in [0.717, 1.165) is 10.6 Å². The number of carbonyl (C=O) groups excluding carboxylic acids is 1. The summed E-state index contributed by atoms with van der Waals surface area (Å²) in [5.41, 5.74) is 4.75. The van der Waals surface area contributed by atoms with E-state index >= 15 is 0 Å². The van der Waals surface area contributed by atoms with Gasteiger partial charge in [-0.2, -0.15) is 0 Å². The molecule has 1 amide bonds. The van der Waals surface area contributed by atoms with Gasteiger partial charge in [0, 0.05) is 10.6 Å². The lowest BCUT2D eigenvalue weighted by Crippen LogP contribution is -2.14. The highest BCUT2D eigenvalue weighted by Crippen LogP contribution is 2.25. The molecule has 3 heteroatoms. The highest BCUT2D eigenvalue weighted by molar-refractivity contribution is 8.00. The fourth-order valence-corrected chi connectivity index (χ4v) is 2.91. The SMILES string of the molecule is Cc1ccc(NC(=O)CSc2ccc(C(C)(C)C)cc2)cc1C. The van der Waals surface area contributed by atoms with Crippen LogP contribution in [0.4, 0.5) is 5.69 Å². The predicted octanol–water partition coefficient (Wildman–Crippen LogP) is 5.33. The lowest BCUT2D eigenvalue weighted by Gasteiger charge is -2.19. The Morgan fingerprint density at radius 2 is 1.65 bits per heavy atom. The number of rotatable bonds is 4. The van der Waals surface area contributed by atoms with Crippen LogP contribution in [0.15, 0.2) is 47.4 Å². The number of nitrogens with one attached hydrogen (secondary N) is 1. The van der Waals surface area contributed by atoms with Crippen molar-refractivity contribution in [1.29, 1.82) is 0 Å². The minimum atomic E-state index is 0.0261. The van der Waals surface area contributed by atoms with Gasteiger partial charge >= 0.3 is 0 Å². The number of aryl methyl sites for hydroxylation is 2. The van der Waals surface area contributed by atoms with Crippen LogP contribution in [0.25, 0.3) is 0 Å². The van der Waals surface area contributed by atoms with E-state index in [1.165, 1.54) is 16.7 Å². The maximum atomic E-state index is 12.1. The molecule has 0 aliphatic heterocycles. The van der Waals surface area contributed by atoms with Gasteiger partial charge in [-0.3, -0.25) is 4.79 Å². The first kappa shape index (κ1) is 17.6. The molecule has 23 heavy (non-hydrogen) atoms. The summed E-state index contributed by atoms with van der Waals surface area (Å²) in [7, 11) is 0. The third kappa shape index (κ3) is 5.14. The molecule has 0 heterocycles. The van der Waals surface area contributed by atoms with Gasteiger partial charge < -0.3 is 5.32 Å². The predicted molar refractivity (Wildman–Crippen MR) is 100 cm³/mol. The molecule has 0 aliphatic rings. The van der Waals surface area contributed by atoms with Gasteiger partial charge in [0.25, 0.3) is 0 Å². The van der Waals surface area contributed by atoms with Crippen LogP contribution in [0.1, 0.15) is 37.5 Å². The van der Waals surface area contributed by atoms with Gasteiger partial charge in [0.05, 0.1) is 5.75 Å². The fourth-order valence-electron chi connectivity index (χ4n) is 2.22. The highest BCUT2D eigenvalue weighted by Gasteiger charge is 2.13. The zero-order valence-electron chi connectivity index (χ0n) is 14.6. The van der Waals surface area contributed by atoms with Crippen molar-refractivity contribution >= 4 is 23.4 Å². The smallest absolute Gasteiger partial charge is 0.234 e. The molecule has 0 saturated carbocycles. The summed E-state index contributed by atoms with van der Waals surface area (Å²) in [6.45, 7) is 10.7. The Kier molecular flexibility index (Phi) is 5.53. The van der Waals surface area contributed by atoms with Gasteiger partial charge in [-0.1, -0.05) is 39.0 Å². The van der Waals surface area contributed by atoms with Crippen molar-refractivity contribution in [3.8, 4) is 0 Å². The summed E-state index contributed by atoms with van der Waals surface area (Å²) in [4.78, 5) is 13.2. The van der Waals surface area contributed by atoms with Crippen LogP contribution in [0, 0.1) is 13.8 Å². The van der Waals surface area contributed by atoms with Gasteiger partial charge in [0.1, 0.15) is 0 Å². The molecule has 0 aromatic heterocycles. The van der Waals surface area contributed by atoms with Crippen molar-refractivity contribution in [2.45, 2.75) is 44.9 Å². The van der Waals surface area contributed by atoms with Crippen LogP contribution < -0.4 is 5.32 Å². The standard InChI is InChI=1S/C20H25NOS/c1-14-6-9-17(12-15(14)2)21-19(22)13-23-18-10-7-16(8-11-18)20(3,4)5/h6-12H,13H2,1-5H3,(H,21,22). The number of benzene rings is 2. The van der Waals surface area contributed by atoms with Crippen molar-refractivity contribution in [3.05, 3.63) is 59.2 Å². The molecule has 0 radical (unpaired) electrons. The average molecular weight is 327 g/mol. The van der Waals surface area contributed by atoms with E-state index in [9.17, 15) is 4.79 Å². The van der Waals surface area contributed by atoms with Crippen molar-refractivity contribution in [2.24, 2.45) is 0 Å². The molecule has 0 aliphatic carbocycles. The Hall–Kier alpha value is -1.74. The Morgan fingerprint density at radius 3 is 2.22 bits per heavy atom. The first-order chi connectivity index (χ1) is 10.8. The summed E-state index contributed by atoms with van der Waals surface area (Å²) in [6, 6.07) is 14.5. The summed E-state index contributed by atoms with van der Waals surface area (Å²) < 4.78 is 0. The molecule has 122 valence electrons. The Bertz CT molecular complexity index is 684. The molecular weight excluding hydrogens is 302 g/mol. The van der Waals surface area contributed by atoms with E-state index in [1.54, 1.807) is 11.8 Å². The molecule has 2 rings (SSSR count). The molecule has 1 N–H and O–H groups in total. The van der Waals surface area contributed by atoms with Gasteiger partial charge in [0.15, 0.2) is 0 Å². The van der Waals surface area contributed by atoms with Crippen LogP contribution >= 0.6 is 11.8 Å². The minimum Gasteiger partial charge on any atom is -0.325 e. The third-order valence-corrected chi connectivity index (χ3v) is 4.89. The van der Waals surface area contributed by atoms with Crippen LogP contribution in [-0.2, 0) is 10.2 Å². The van der Waals surface area contributed by atoms with Crippen LogP contribution in [0.5, 0.6) is 0 Å². The molecule has 0 fully saturated rings. The topological polar surface area (TPSA) is 29.1 Å². The number of hydrogen-bond donors (Lipinski definition) is 1. The molecule has 2 aromatic carbocycles. The largest absolute Gasteiger partial charge is 0.325 e. The Morgan fingerprint density at radius 1 is 1.00 bits per heavy atom. The lowest BCUT2D eigenvalue weighted by atomic mass is 9.87. The second-order valence-corrected chi connectivity index (χ2v) is 7.96. The van der Waals surface area contributed by atoms with E-state index in [2.05, 4.69) is 64.2 Å². The number of hydrogen-bond acceptors (Lipinski definition) is 2. The van der Waals surface area contributed by atoms with Crippen LogP contribution in [-0.4, -0.2) is 11.7 Å². The number of thioether (sulfide) groups is 1. The summed E-state index contributed by atoms with van der Waals surface area (Å²) in [5.74, 6) is 0.445. The van der Waals surface area contributed by atoms with E-state index in [-0.39, 0.29) is 11.3 Å². The van der Waals surface area contributed by atoms with Crippen molar-refractivity contribution in [2.75, 3.05) is 11.1 Å². The monoisotopic (exact) mass is 327 g/mol. The normalized spacial score (nSPS) is 11.3. The second-order valence-electron chi connectivity index (χ2n) is 6.91. The Balaban J connectivity index is 1.90. The molecule has 0 spiro atoms. The van der Waals surface area contributed by atoms with Crippen LogP contribution in [0.3, 0.4) is 0 Å². The Labute approximate surface area is 143 Å². The first-order valence-electron chi connectivity index (χ1n) is 7.86. The average Bonchev–Trinajstić information content (AvgIpc) is 2.48. The quantitative estimate of drug-likeness (QED) is 0.769. The number of carbonyl (C=O) groups is 1. The van der Waals surface area contributed by atoms with E-state index < -0.39 is 0 Å². The molecule has 2 nitrogen and oxygen atoms in total. The first-order valence-corrected chi connectivity index (χ1v) is 8.85. The maximum absolute atomic E-state index is 12.1. The van der Waals surface area contributed by atoms with Crippen LogP contribution in [0.2, 0.25) is 0 Å². The van der Waals surface area contributed by atoms with Gasteiger partial charge in [-0.15, -0.1) is 11.8 Å². The third-order valence-electron chi connectivity index (χ3n) is 3.88. The minimum absolute atomic E-state index is 0.0261. The van der Waals surface area contributed by atoms with Crippen molar-refractivity contribution in [1.82, 2.24) is 0 Å². The molecule has 0 atom stereocenters. The maximum Gasteiger partial charge on any atom is 0.234 e. The second kappa shape index (κ2) is 7.22. The van der Waals surface area contributed by atoms with E-state index in [0.29, 0.717) is 5.75 Å². The molecule has 0 saturated heterocycles. The van der Waals surface area contributed by atoms with Crippen molar-refractivity contribution < 1.29 is 4.79 Å². The lowest BCUT2D eigenvalue weighted by molar-refractivity contribution is -0.113. The van der Waals surface area contributed by atoms with Crippen molar-refractivity contribution in [3.63, 3.8) is 0 Å². The number of amides is 1. The summed E-state index contributed by atoms with van der Waals surface area (Å²) >= 11 is 1.56. The van der Waals surface area contributed by atoms with E-state index in [1.807, 2.05) is 18.2 Å². The van der Waals surface area contributed by atoms with Gasteiger partial charge in [-0.05, 0) is 60.2 Å². The van der Waals surface area contributed by atoms with Gasteiger partial charge in [-0.25, -0.2) is 0 Å². The van der Waals surface area contributed by atoms with E-state index in [4.69, 9.17) is 0 Å². The molecule has 0 bridgehead atoms. The van der Waals surface area contributed by atoms with Gasteiger partial charge in [0.2, 0.25) is 5.91 Å². The molecular formula is C20H25NOS. The zero-order chi connectivity index (χ0) is 17.0. The molecule has 0 unspecified atom stereocenters. The summed E-state index contributed by atoms with van der Waals surface area (Å²) in [5, 5.41) is 2.96. The highest BCUT2D eigenvalue weighted by atomic mass is 32.2. The fraction of sp³-hybridized carbons (Fsp3) is 0.350.